The van der Waals surface area contributed by atoms with Gasteiger partial charge in [0.25, 0.3) is 0 Å². The number of aryl methyl sites for hydroxylation is 1. The summed E-state index contributed by atoms with van der Waals surface area (Å²) in [6.45, 7) is 4.49. The molecule has 0 spiro atoms. The summed E-state index contributed by atoms with van der Waals surface area (Å²) in [4.78, 5) is 0.987. The standard InChI is InChI=1S/C7H7BrS.C3H7NO/c1-5-2-3-7(9)6(8)4-5;1-2-5-3-4/h2-4,9H,1H3;3-4H,2H2,1H3. The van der Waals surface area contributed by atoms with Crippen LogP contribution < -0.4 is 0 Å². The fraction of sp³-hybridized carbons (Fsp3) is 0.300. The minimum Gasteiger partial charge on any atom is -0.484 e. The zero-order chi connectivity index (χ0) is 11.0. The van der Waals surface area contributed by atoms with E-state index in [-0.39, 0.29) is 0 Å². The predicted octanol–water partition coefficient (Wildman–Crippen LogP) is 3.68. The third-order valence-corrected chi connectivity index (χ3v) is 2.71. The lowest BCUT2D eigenvalue weighted by Crippen LogP contribution is -1.80. The van der Waals surface area contributed by atoms with E-state index in [0.717, 1.165) is 15.8 Å². The molecule has 1 N–H and O–H groups in total. The summed E-state index contributed by atoms with van der Waals surface area (Å²) in [5, 5.41) is 6.26. The maximum absolute atomic E-state index is 6.26. The number of benzene rings is 1. The van der Waals surface area contributed by atoms with Crippen LogP contribution in [0.1, 0.15) is 12.5 Å². The SMILES string of the molecule is CCOC=N.Cc1ccc(S)c(Br)c1. The topological polar surface area (TPSA) is 33.1 Å². The third-order valence-electron chi connectivity index (χ3n) is 1.35. The van der Waals surface area contributed by atoms with Crippen LogP contribution in [0.2, 0.25) is 0 Å². The molecule has 0 fully saturated rings. The molecule has 0 atom stereocenters. The summed E-state index contributed by atoms with van der Waals surface area (Å²) in [5.74, 6) is 0. The Morgan fingerprint density at radius 1 is 1.57 bits per heavy atom. The van der Waals surface area contributed by atoms with Gasteiger partial charge in [-0.1, -0.05) is 6.07 Å². The molecule has 0 bridgehead atoms. The summed E-state index contributed by atoms with van der Waals surface area (Å²) in [7, 11) is 0. The van der Waals surface area contributed by atoms with E-state index >= 15 is 0 Å². The molecule has 0 aliphatic carbocycles. The first kappa shape index (κ1) is 13.5. The van der Waals surface area contributed by atoms with E-state index in [1.54, 1.807) is 0 Å². The molecule has 0 radical (unpaired) electrons. The molecule has 0 aromatic heterocycles. The molecule has 0 aliphatic rings. The van der Waals surface area contributed by atoms with E-state index in [1.807, 2.05) is 25.1 Å². The zero-order valence-electron chi connectivity index (χ0n) is 8.25. The van der Waals surface area contributed by atoms with Crippen molar-refractivity contribution in [1.29, 1.82) is 5.41 Å². The summed E-state index contributed by atoms with van der Waals surface area (Å²) < 4.78 is 5.44. The van der Waals surface area contributed by atoms with Crippen molar-refractivity contribution in [1.82, 2.24) is 0 Å². The Hall–Kier alpha value is -0.480. The van der Waals surface area contributed by atoms with Crippen LogP contribution in [0.25, 0.3) is 0 Å². The van der Waals surface area contributed by atoms with Crippen molar-refractivity contribution in [2.45, 2.75) is 18.7 Å². The zero-order valence-corrected chi connectivity index (χ0v) is 10.7. The minimum atomic E-state index is 0.601. The van der Waals surface area contributed by atoms with Crippen LogP contribution >= 0.6 is 28.6 Å². The summed E-state index contributed by atoms with van der Waals surface area (Å²) in [6.07, 6.45) is 0.931. The van der Waals surface area contributed by atoms with Crippen molar-refractivity contribution in [2.75, 3.05) is 6.61 Å². The van der Waals surface area contributed by atoms with Crippen molar-refractivity contribution in [3.8, 4) is 0 Å². The van der Waals surface area contributed by atoms with Gasteiger partial charge in [0.2, 0.25) is 0 Å². The molecule has 4 heteroatoms. The maximum Gasteiger partial charge on any atom is 0.166 e. The van der Waals surface area contributed by atoms with Gasteiger partial charge in [0.15, 0.2) is 6.40 Å². The molecule has 0 unspecified atom stereocenters. The average molecular weight is 276 g/mol. The van der Waals surface area contributed by atoms with Gasteiger partial charge in [-0.2, -0.15) is 0 Å². The van der Waals surface area contributed by atoms with Crippen LogP contribution in [0.15, 0.2) is 27.6 Å². The highest BCUT2D eigenvalue weighted by Crippen LogP contribution is 2.20. The summed E-state index contributed by atoms with van der Waals surface area (Å²) in [6, 6.07) is 6.05. The smallest absolute Gasteiger partial charge is 0.166 e. The quantitative estimate of drug-likeness (QED) is 0.482. The Labute approximate surface area is 98.7 Å². The molecule has 0 saturated heterocycles. The van der Waals surface area contributed by atoms with Gasteiger partial charge < -0.3 is 4.74 Å². The number of hydrogen-bond acceptors (Lipinski definition) is 3. The molecule has 0 saturated carbocycles. The number of halogens is 1. The van der Waals surface area contributed by atoms with Gasteiger partial charge in [0, 0.05) is 9.37 Å². The molecule has 0 heterocycles. The Bertz CT molecular complexity index is 291. The van der Waals surface area contributed by atoms with Gasteiger partial charge in [-0.3, -0.25) is 5.41 Å². The van der Waals surface area contributed by atoms with Gasteiger partial charge in [0.1, 0.15) is 0 Å². The molecule has 1 rings (SSSR count). The van der Waals surface area contributed by atoms with Crippen LogP contribution in [0.4, 0.5) is 0 Å². The van der Waals surface area contributed by atoms with E-state index < -0.39 is 0 Å². The van der Waals surface area contributed by atoms with Crippen molar-refractivity contribution in [2.24, 2.45) is 0 Å². The van der Waals surface area contributed by atoms with Crippen molar-refractivity contribution in [3.05, 3.63) is 28.2 Å². The second kappa shape index (κ2) is 7.88. The summed E-state index contributed by atoms with van der Waals surface area (Å²) >= 11 is 7.57. The fourth-order valence-electron chi connectivity index (χ4n) is 0.695. The number of nitrogens with one attached hydrogen (secondary N) is 1. The van der Waals surface area contributed by atoms with Crippen molar-refractivity contribution < 1.29 is 4.74 Å². The molecule has 14 heavy (non-hydrogen) atoms. The number of hydrogen-bond donors (Lipinski definition) is 2. The lowest BCUT2D eigenvalue weighted by molar-refractivity contribution is 0.341. The van der Waals surface area contributed by atoms with Crippen LogP contribution in [-0.2, 0) is 4.74 Å². The number of rotatable bonds is 2. The first-order chi connectivity index (χ1) is 6.61. The largest absolute Gasteiger partial charge is 0.484 e. The van der Waals surface area contributed by atoms with E-state index in [1.165, 1.54) is 5.56 Å². The van der Waals surface area contributed by atoms with Gasteiger partial charge in [-0.05, 0) is 47.5 Å². The van der Waals surface area contributed by atoms with Gasteiger partial charge in [-0.25, -0.2) is 0 Å². The lowest BCUT2D eigenvalue weighted by atomic mass is 10.2. The highest BCUT2D eigenvalue weighted by Gasteiger charge is 1.91. The Morgan fingerprint density at radius 2 is 2.21 bits per heavy atom. The molecule has 0 aliphatic heterocycles. The highest BCUT2D eigenvalue weighted by atomic mass is 79.9. The van der Waals surface area contributed by atoms with Crippen LogP contribution in [0.5, 0.6) is 0 Å². The normalized spacial score (nSPS) is 8.57. The Balaban J connectivity index is 0.000000292. The highest BCUT2D eigenvalue weighted by molar-refractivity contribution is 9.10. The van der Waals surface area contributed by atoms with E-state index in [2.05, 4.69) is 40.2 Å². The maximum atomic E-state index is 6.26. The average Bonchev–Trinajstić information content (AvgIpc) is 2.14. The Morgan fingerprint density at radius 3 is 2.50 bits per heavy atom. The lowest BCUT2D eigenvalue weighted by Gasteiger charge is -1.95. The third kappa shape index (κ3) is 6.05. The van der Waals surface area contributed by atoms with Crippen molar-refractivity contribution >= 4 is 35.0 Å². The van der Waals surface area contributed by atoms with E-state index in [0.29, 0.717) is 6.61 Å². The molecular weight excluding hydrogens is 262 g/mol. The second-order valence-corrected chi connectivity index (χ2v) is 3.86. The van der Waals surface area contributed by atoms with E-state index in [4.69, 9.17) is 5.41 Å². The van der Waals surface area contributed by atoms with Gasteiger partial charge >= 0.3 is 0 Å². The van der Waals surface area contributed by atoms with Gasteiger partial charge in [-0.15, -0.1) is 12.6 Å². The van der Waals surface area contributed by atoms with Crippen molar-refractivity contribution in [3.63, 3.8) is 0 Å². The predicted molar refractivity (Wildman–Crippen MR) is 66.5 cm³/mol. The minimum absolute atomic E-state index is 0.601. The molecule has 78 valence electrons. The first-order valence-electron chi connectivity index (χ1n) is 4.17. The molecule has 2 nitrogen and oxygen atoms in total. The summed E-state index contributed by atoms with van der Waals surface area (Å²) in [5.41, 5.74) is 1.25. The number of ether oxygens (including phenoxy) is 1. The van der Waals surface area contributed by atoms with Crippen LogP contribution in [-0.4, -0.2) is 13.0 Å². The van der Waals surface area contributed by atoms with Crippen LogP contribution in [0.3, 0.4) is 0 Å². The monoisotopic (exact) mass is 275 g/mol. The van der Waals surface area contributed by atoms with Gasteiger partial charge in [0.05, 0.1) is 6.61 Å². The Kier molecular flexibility index (Phi) is 7.61. The second-order valence-electron chi connectivity index (χ2n) is 2.53. The van der Waals surface area contributed by atoms with Crippen LogP contribution in [0, 0.1) is 12.3 Å². The molecule has 0 amide bonds. The molecule has 1 aromatic carbocycles. The molecular formula is C10H14BrNOS. The fourth-order valence-corrected chi connectivity index (χ4v) is 1.33. The first-order valence-corrected chi connectivity index (χ1v) is 5.41. The molecule has 1 aromatic rings. The number of thiol groups is 1. The van der Waals surface area contributed by atoms with E-state index in [9.17, 15) is 0 Å².